The molecule has 0 unspecified atom stereocenters. The number of hydrogen-bond acceptors (Lipinski definition) is 4. The standard InChI is InChI=1S/C17H14N2O3/c1-12(22-16-5-3-2-4-14(16)11-20)17(21)19-15-8-6-13(10-18)7-9-15/h2-9,11-12H,1H3,(H,19,21)/t12-/m1/s1. The number of carbonyl (C=O) groups is 2. The maximum atomic E-state index is 12.1. The molecule has 0 aliphatic carbocycles. The highest BCUT2D eigenvalue weighted by atomic mass is 16.5. The van der Waals surface area contributed by atoms with E-state index >= 15 is 0 Å². The van der Waals surface area contributed by atoms with Gasteiger partial charge in [-0.25, -0.2) is 0 Å². The average molecular weight is 294 g/mol. The van der Waals surface area contributed by atoms with Gasteiger partial charge in [-0.05, 0) is 43.3 Å². The second kappa shape index (κ2) is 7.04. The number of aldehydes is 1. The Balaban J connectivity index is 2.02. The van der Waals surface area contributed by atoms with Gasteiger partial charge in [0.1, 0.15) is 5.75 Å². The molecule has 0 aliphatic rings. The number of ether oxygens (including phenoxy) is 1. The smallest absolute Gasteiger partial charge is 0.265 e. The first-order chi connectivity index (χ1) is 10.6. The van der Waals surface area contributed by atoms with Gasteiger partial charge in [0.05, 0.1) is 17.2 Å². The Morgan fingerprint density at radius 3 is 2.55 bits per heavy atom. The van der Waals surface area contributed by atoms with Crippen molar-refractivity contribution in [2.75, 3.05) is 5.32 Å². The van der Waals surface area contributed by atoms with Crippen molar-refractivity contribution in [1.82, 2.24) is 0 Å². The number of nitrogens with zero attached hydrogens (tertiary/aromatic N) is 1. The molecule has 110 valence electrons. The fraction of sp³-hybridized carbons (Fsp3) is 0.118. The second-order valence-electron chi connectivity index (χ2n) is 4.59. The summed E-state index contributed by atoms with van der Waals surface area (Å²) in [6.45, 7) is 1.60. The molecule has 5 heteroatoms. The van der Waals surface area contributed by atoms with Crippen LogP contribution in [-0.4, -0.2) is 18.3 Å². The van der Waals surface area contributed by atoms with E-state index in [4.69, 9.17) is 10.00 Å². The Kier molecular flexibility index (Phi) is 4.89. The summed E-state index contributed by atoms with van der Waals surface area (Å²) in [5.41, 5.74) is 1.48. The lowest BCUT2D eigenvalue weighted by Gasteiger charge is -2.15. The van der Waals surface area contributed by atoms with Crippen molar-refractivity contribution in [3.05, 3.63) is 59.7 Å². The summed E-state index contributed by atoms with van der Waals surface area (Å²) in [6.07, 6.45) is -0.0858. The largest absolute Gasteiger partial charge is 0.480 e. The molecule has 22 heavy (non-hydrogen) atoms. The van der Waals surface area contributed by atoms with Gasteiger partial charge in [-0.2, -0.15) is 5.26 Å². The fourth-order valence-electron chi connectivity index (χ4n) is 1.80. The lowest BCUT2D eigenvalue weighted by Crippen LogP contribution is -2.30. The molecular weight excluding hydrogens is 280 g/mol. The molecule has 0 heterocycles. The fourth-order valence-corrected chi connectivity index (χ4v) is 1.80. The molecule has 0 saturated carbocycles. The minimum Gasteiger partial charge on any atom is -0.480 e. The number of carbonyl (C=O) groups excluding carboxylic acids is 2. The van der Waals surface area contributed by atoms with Gasteiger partial charge in [-0.15, -0.1) is 0 Å². The Labute approximate surface area is 128 Å². The number of hydrogen-bond donors (Lipinski definition) is 1. The topological polar surface area (TPSA) is 79.2 Å². The predicted octanol–water partition coefficient (Wildman–Crippen LogP) is 2.78. The average Bonchev–Trinajstić information content (AvgIpc) is 2.56. The SMILES string of the molecule is C[C@@H](Oc1ccccc1C=O)C(=O)Nc1ccc(C#N)cc1. The van der Waals surface area contributed by atoms with Crippen molar-refractivity contribution in [3.8, 4) is 11.8 Å². The third kappa shape index (κ3) is 3.70. The van der Waals surface area contributed by atoms with Crippen LogP contribution in [0.5, 0.6) is 5.75 Å². The van der Waals surface area contributed by atoms with E-state index in [1.165, 1.54) is 0 Å². The van der Waals surface area contributed by atoms with Gasteiger partial charge in [0.25, 0.3) is 5.91 Å². The van der Waals surface area contributed by atoms with E-state index in [9.17, 15) is 9.59 Å². The molecule has 0 saturated heterocycles. The number of amides is 1. The van der Waals surface area contributed by atoms with Crippen LogP contribution in [0.3, 0.4) is 0 Å². The first kappa shape index (κ1) is 15.3. The molecule has 0 fully saturated rings. The first-order valence-corrected chi connectivity index (χ1v) is 6.66. The van der Waals surface area contributed by atoms with Crippen LogP contribution >= 0.6 is 0 Å². The maximum Gasteiger partial charge on any atom is 0.265 e. The number of rotatable bonds is 5. The summed E-state index contributed by atoms with van der Waals surface area (Å²) in [6, 6.07) is 15.2. The van der Waals surface area contributed by atoms with Gasteiger partial charge >= 0.3 is 0 Å². The minimum absolute atomic E-state index is 0.342. The highest BCUT2D eigenvalue weighted by Gasteiger charge is 2.16. The quantitative estimate of drug-likeness (QED) is 0.860. The summed E-state index contributed by atoms with van der Waals surface area (Å²) in [5, 5.41) is 11.4. The van der Waals surface area contributed by atoms with Crippen molar-refractivity contribution in [3.63, 3.8) is 0 Å². The zero-order chi connectivity index (χ0) is 15.9. The summed E-state index contributed by atoms with van der Waals surface area (Å²) in [4.78, 5) is 23.0. The molecule has 2 aromatic rings. The van der Waals surface area contributed by atoms with Crippen LogP contribution in [0, 0.1) is 11.3 Å². The summed E-state index contributed by atoms with van der Waals surface area (Å²) >= 11 is 0. The van der Waals surface area contributed by atoms with Crippen molar-refractivity contribution in [2.24, 2.45) is 0 Å². The number of nitrogens with one attached hydrogen (secondary N) is 1. The third-order valence-corrected chi connectivity index (χ3v) is 3.00. The predicted molar refractivity (Wildman–Crippen MR) is 81.7 cm³/mol. The number of anilines is 1. The van der Waals surface area contributed by atoms with E-state index in [-0.39, 0.29) is 5.91 Å². The Bertz CT molecular complexity index is 717. The normalized spacial score (nSPS) is 11.1. The lowest BCUT2D eigenvalue weighted by molar-refractivity contribution is -0.122. The minimum atomic E-state index is -0.767. The van der Waals surface area contributed by atoms with Gasteiger partial charge in [-0.3, -0.25) is 9.59 Å². The van der Waals surface area contributed by atoms with Gasteiger partial charge in [0.15, 0.2) is 12.4 Å². The van der Waals surface area contributed by atoms with Crippen LogP contribution in [0.4, 0.5) is 5.69 Å². The molecule has 2 aromatic carbocycles. The highest BCUT2D eigenvalue weighted by molar-refractivity contribution is 5.94. The van der Waals surface area contributed by atoms with Crippen LogP contribution in [0.2, 0.25) is 0 Å². The molecule has 2 rings (SSSR count). The Hall–Kier alpha value is -3.13. The van der Waals surface area contributed by atoms with E-state index in [1.54, 1.807) is 55.5 Å². The van der Waals surface area contributed by atoms with E-state index < -0.39 is 6.10 Å². The van der Waals surface area contributed by atoms with Crippen molar-refractivity contribution >= 4 is 17.9 Å². The monoisotopic (exact) mass is 294 g/mol. The zero-order valence-electron chi connectivity index (χ0n) is 11.9. The van der Waals surface area contributed by atoms with Gasteiger partial charge in [-0.1, -0.05) is 12.1 Å². The molecule has 0 spiro atoms. The Morgan fingerprint density at radius 1 is 1.23 bits per heavy atom. The van der Waals surface area contributed by atoms with Crippen LogP contribution in [0.1, 0.15) is 22.8 Å². The molecular formula is C17H14N2O3. The molecule has 0 bridgehead atoms. The maximum absolute atomic E-state index is 12.1. The first-order valence-electron chi connectivity index (χ1n) is 6.66. The third-order valence-electron chi connectivity index (χ3n) is 3.00. The zero-order valence-corrected chi connectivity index (χ0v) is 11.9. The second-order valence-corrected chi connectivity index (χ2v) is 4.59. The summed E-state index contributed by atoms with van der Waals surface area (Å²) < 4.78 is 5.52. The van der Waals surface area contributed by atoms with Gasteiger partial charge < -0.3 is 10.1 Å². The van der Waals surface area contributed by atoms with Crippen LogP contribution in [-0.2, 0) is 4.79 Å². The van der Waals surface area contributed by atoms with Gasteiger partial charge in [0, 0.05) is 5.69 Å². The molecule has 0 aliphatic heterocycles. The van der Waals surface area contributed by atoms with Crippen molar-refractivity contribution in [1.29, 1.82) is 5.26 Å². The summed E-state index contributed by atoms with van der Waals surface area (Å²) in [5.74, 6) is 0.0189. The van der Waals surface area contributed by atoms with Crippen LogP contribution in [0.15, 0.2) is 48.5 Å². The lowest BCUT2D eigenvalue weighted by atomic mass is 10.2. The number of benzene rings is 2. The molecule has 1 amide bonds. The molecule has 5 nitrogen and oxygen atoms in total. The van der Waals surface area contributed by atoms with E-state index in [0.29, 0.717) is 28.8 Å². The molecule has 0 aromatic heterocycles. The highest BCUT2D eigenvalue weighted by Crippen LogP contribution is 2.18. The number of nitriles is 1. The molecule has 1 N–H and O–H groups in total. The Morgan fingerprint density at radius 2 is 1.91 bits per heavy atom. The molecule has 0 radical (unpaired) electrons. The van der Waals surface area contributed by atoms with E-state index in [2.05, 4.69) is 5.32 Å². The van der Waals surface area contributed by atoms with Crippen molar-refractivity contribution < 1.29 is 14.3 Å². The van der Waals surface area contributed by atoms with E-state index in [1.807, 2.05) is 6.07 Å². The summed E-state index contributed by atoms with van der Waals surface area (Å²) in [7, 11) is 0. The van der Waals surface area contributed by atoms with Crippen LogP contribution < -0.4 is 10.1 Å². The number of para-hydroxylation sites is 1. The van der Waals surface area contributed by atoms with E-state index in [0.717, 1.165) is 0 Å². The van der Waals surface area contributed by atoms with Gasteiger partial charge in [0.2, 0.25) is 0 Å². The van der Waals surface area contributed by atoms with Crippen LogP contribution in [0.25, 0.3) is 0 Å². The molecule has 1 atom stereocenters. The van der Waals surface area contributed by atoms with Crippen molar-refractivity contribution in [2.45, 2.75) is 13.0 Å².